The van der Waals surface area contributed by atoms with Crippen molar-refractivity contribution in [3.05, 3.63) is 28.2 Å². The highest BCUT2D eigenvalue weighted by Crippen LogP contribution is 2.32. The first kappa shape index (κ1) is 15.8. The van der Waals surface area contributed by atoms with Gasteiger partial charge in [-0.25, -0.2) is 0 Å². The van der Waals surface area contributed by atoms with E-state index in [2.05, 4.69) is 52.9 Å². The first-order valence-electron chi connectivity index (χ1n) is 7.87. The molecule has 2 N–H and O–H groups in total. The molecule has 0 unspecified atom stereocenters. The molecule has 1 aromatic carbocycles. The van der Waals surface area contributed by atoms with Gasteiger partial charge in [0.1, 0.15) is 0 Å². The molecule has 0 amide bonds. The molecule has 2 nitrogen and oxygen atoms in total. The van der Waals surface area contributed by atoms with Gasteiger partial charge in [-0.2, -0.15) is 0 Å². The second-order valence-electron chi connectivity index (χ2n) is 6.29. The van der Waals surface area contributed by atoms with E-state index in [-0.39, 0.29) is 0 Å². The molecule has 0 atom stereocenters. The second kappa shape index (κ2) is 7.46. The average Bonchev–Trinajstić information content (AvgIpc) is 2.93. The SMILES string of the molecule is CC(C)CCN(c1cc(Br)ccc1CN)C1CCCC1. The highest BCUT2D eigenvalue weighted by atomic mass is 79.9. The van der Waals surface area contributed by atoms with Gasteiger partial charge in [0.05, 0.1) is 0 Å². The van der Waals surface area contributed by atoms with Crippen LogP contribution in [0.3, 0.4) is 0 Å². The minimum atomic E-state index is 0.619. The van der Waals surface area contributed by atoms with Crippen LogP contribution >= 0.6 is 15.9 Å². The van der Waals surface area contributed by atoms with Crippen molar-refractivity contribution in [3.63, 3.8) is 0 Å². The minimum Gasteiger partial charge on any atom is -0.368 e. The third kappa shape index (κ3) is 3.98. The largest absolute Gasteiger partial charge is 0.368 e. The summed E-state index contributed by atoms with van der Waals surface area (Å²) < 4.78 is 1.15. The van der Waals surface area contributed by atoms with Crippen LogP contribution in [0.25, 0.3) is 0 Å². The van der Waals surface area contributed by atoms with E-state index in [0.29, 0.717) is 12.6 Å². The molecule has 0 heterocycles. The summed E-state index contributed by atoms with van der Waals surface area (Å²) in [6.45, 7) is 6.37. The molecule has 1 aliphatic rings. The van der Waals surface area contributed by atoms with E-state index < -0.39 is 0 Å². The zero-order valence-corrected chi connectivity index (χ0v) is 14.3. The number of nitrogens with two attached hydrogens (primary N) is 1. The number of halogens is 1. The molecule has 0 saturated heterocycles. The van der Waals surface area contributed by atoms with Crippen LogP contribution in [-0.4, -0.2) is 12.6 Å². The summed E-state index contributed by atoms with van der Waals surface area (Å²) in [5.74, 6) is 0.743. The standard InChI is InChI=1S/C17H27BrN2/c1-13(2)9-10-20(16-5-3-4-6-16)17-11-15(18)8-7-14(17)12-19/h7-8,11,13,16H,3-6,9-10,12,19H2,1-2H3. The molecule has 2 rings (SSSR count). The fourth-order valence-corrected chi connectivity index (χ4v) is 3.44. The highest BCUT2D eigenvalue weighted by Gasteiger charge is 2.24. The van der Waals surface area contributed by atoms with E-state index in [4.69, 9.17) is 5.73 Å². The molecule has 0 aromatic heterocycles. The Morgan fingerprint density at radius 3 is 2.60 bits per heavy atom. The molecule has 20 heavy (non-hydrogen) atoms. The van der Waals surface area contributed by atoms with Crippen molar-refractivity contribution in [3.8, 4) is 0 Å². The lowest BCUT2D eigenvalue weighted by atomic mass is 10.1. The Hall–Kier alpha value is -0.540. The zero-order chi connectivity index (χ0) is 14.5. The lowest BCUT2D eigenvalue weighted by Crippen LogP contribution is -2.35. The summed E-state index contributed by atoms with van der Waals surface area (Å²) in [7, 11) is 0. The van der Waals surface area contributed by atoms with E-state index in [0.717, 1.165) is 16.9 Å². The molecule has 1 aromatic rings. The van der Waals surface area contributed by atoms with Gasteiger partial charge in [0.15, 0.2) is 0 Å². The number of nitrogens with zero attached hydrogens (tertiary/aromatic N) is 1. The number of benzene rings is 1. The summed E-state index contributed by atoms with van der Waals surface area (Å²) in [6.07, 6.45) is 6.64. The Morgan fingerprint density at radius 2 is 2.00 bits per heavy atom. The highest BCUT2D eigenvalue weighted by molar-refractivity contribution is 9.10. The van der Waals surface area contributed by atoms with Crippen molar-refractivity contribution in [2.45, 2.75) is 58.5 Å². The Kier molecular flexibility index (Phi) is 5.91. The topological polar surface area (TPSA) is 29.3 Å². The van der Waals surface area contributed by atoms with Gasteiger partial charge in [-0.1, -0.05) is 48.7 Å². The molecule has 3 heteroatoms. The van der Waals surface area contributed by atoms with E-state index >= 15 is 0 Å². The van der Waals surface area contributed by atoms with Crippen LogP contribution in [0, 0.1) is 5.92 Å². The quantitative estimate of drug-likeness (QED) is 0.814. The third-order valence-corrected chi connectivity index (χ3v) is 4.78. The van der Waals surface area contributed by atoms with Crippen molar-refractivity contribution in [2.75, 3.05) is 11.4 Å². The Labute approximate surface area is 131 Å². The summed E-state index contributed by atoms with van der Waals surface area (Å²) in [5.41, 5.74) is 8.56. The van der Waals surface area contributed by atoms with E-state index in [1.807, 2.05) is 0 Å². The number of anilines is 1. The average molecular weight is 339 g/mol. The number of rotatable bonds is 6. The van der Waals surface area contributed by atoms with Crippen LogP contribution < -0.4 is 10.6 Å². The van der Waals surface area contributed by atoms with Crippen molar-refractivity contribution < 1.29 is 0 Å². The van der Waals surface area contributed by atoms with E-state index in [9.17, 15) is 0 Å². The smallest absolute Gasteiger partial charge is 0.0425 e. The molecular weight excluding hydrogens is 312 g/mol. The molecular formula is C17H27BrN2. The Bertz CT molecular complexity index is 425. The van der Waals surface area contributed by atoms with Crippen LogP contribution in [0.15, 0.2) is 22.7 Å². The molecule has 0 spiro atoms. The predicted octanol–water partition coefficient (Wildman–Crippen LogP) is 4.70. The van der Waals surface area contributed by atoms with Crippen LogP contribution in [-0.2, 0) is 6.54 Å². The maximum atomic E-state index is 5.95. The van der Waals surface area contributed by atoms with Crippen LogP contribution in [0.4, 0.5) is 5.69 Å². The summed E-state index contributed by atoms with van der Waals surface area (Å²) in [4.78, 5) is 2.62. The summed E-state index contributed by atoms with van der Waals surface area (Å²) in [6, 6.07) is 7.21. The summed E-state index contributed by atoms with van der Waals surface area (Å²) >= 11 is 3.61. The van der Waals surface area contributed by atoms with Crippen LogP contribution in [0.1, 0.15) is 51.5 Å². The lowest BCUT2D eigenvalue weighted by Gasteiger charge is -2.33. The van der Waals surface area contributed by atoms with Crippen molar-refractivity contribution >= 4 is 21.6 Å². The Balaban J connectivity index is 2.26. The predicted molar refractivity (Wildman–Crippen MR) is 91.1 cm³/mol. The van der Waals surface area contributed by atoms with Crippen LogP contribution in [0.5, 0.6) is 0 Å². The van der Waals surface area contributed by atoms with Crippen LogP contribution in [0.2, 0.25) is 0 Å². The maximum Gasteiger partial charge on any atom is 0.0425 e. The first-order chi connectivity index (χ1) is 9.61. The van der Waals surface area contributed by atoms with Gasteiger partial charge in [-0.05, 0) is 42.9 Å². The van der Waals surface area contributed by atoms with E-state index in [1.54, 1.807) is 0 Å². The van der Waals surface area contributed by atoms with E-state index in [1.165, 1.54) is 43.4 Å². The second-order valence-corrected chi connectivity index (χ2v) is 7.21. The zero-order valence-electron chi connectivity index (χ0n) is 12.7. The third-order valence-electron chi connectivity index (χ3n) is 4.29. The molecule has 112 valence electrons. The van der Waals surface area contributed by atoms with Gasteiger partial charge in [0.25, 0.3) is 0 Å². The van der Waals surface area contributed by atoms with Crippen molar-refractivity contribution in [2.24, 2.45) is 11.7 Å². The molecule has 0 aliphatic heterocycles. The number of hydrogen-bond donors (Lipinski definition) is 1. The maximum absolute atomic E-state index is 5.95. The summed E-state index contributed by atoms with van der Waals surface area (Å²) in [5, 5.41) is 0. The Morgan fingerprint density at radius 1 is 1.30 bits per heavy atom. The fraction of sp³-hybridized carbons (Fsp3) is 0.647. The van der Waals surface area contributed by atoms with Gasteiger partial charge in [-0.3, -0.25) is 0 Å². The first-order valence-corrected chi connectivity index (χ1v) is 8.66. The monoisotopic (exact) mass is 338 g/mol. The van der Waals surface area contributed by atoms with Gasteiger partial charge >= 0.3 is 0 Å². The normalized spacial score (nSPS) is 16.1. The lowest BCUT2D eigenvalue weighted by molar-refractivity contribution is 0.527. The van der Waals surface area contributed by atoms with Crippen molar-refractivity contribution in [1.29, 1.82) is 0 Å². The molecule has 0 radical (unpaired) electrons. The van der Waals surface area contributed by atoms with Crippen molar-refractivity contribution in [1.82, 2.24) is 0 Å². The van der Waals surface area contributed by atoms with Gasteiger partial charge in [0, 0.05) is 29.3 Å². The molecule has 1 fully saturated rings. The molecule has 0 bridgehead atoms. The minimum absolute atomic E-state index is 0.619. The fourth-order valence-electron chi connectivity index (χ4n) is 3.09. The molecule has 1 aliphatic carbocycles. The van der Waals surface area contributed by atoms with Gasteiger partial charge in [0.2, 0.25) is 0 Å². The van der Waals surface area contributed by atoms with Gasteiger partial charge in [-0.15, -0.1) is 0 Å². The molecule has 1 saturated carbocycles. The van der Waals surface area contributed by atoms with Gasteiger partial charge < -0.3 is 10.6 Å². The number of hydrogen-bond acceptors (Lipinski definition) is 2.